The van der Waals surface area contributed by atoms with E-state index in [1.54, 1.807) is 0 Å². The minimum absolute atomic E-state index is 0.133. The van der Waals surface area contributed by atoms with Crippen molar-refractivity contribution in [2.24, 2.45) is 0 Å². The van der Waals surface area contributed by atoms with E-state index in [9.17, 15) is 17.6 Å². The molecular formula is C14H7F4N. The van der Waals surface area contributed by atoms with Crippen LogP contribution in [-0.2, 0) is 6.18 Å². The Hall–Kier alpha value is -2.35. The molecule has 2 aromatic carbocycles. The Morgan fingerprint density at radius 3 is 2.11 bits per heavy atom. The van der Waals surface area contributed by atoms with Crippen LogP contribution in [0.25, 0.3) is 11.1 Å². The number of nitrogens with zero attached hydrogens (tertiary/aromatic N) is 1. The maximum atomic E-state index is 13.0. The van der Waals surface area contributed by atoms with Gasteiger partial charge in [-0.05, 0) is 29.3 Å². The molecule has 96 valence electrons. The van der Waals surface area contributed by atoms with E-state index in [1.807, 2.05) is 0 Å². The Bertz CT molecular complexity index is 636. The van der Waals surface area contributed by atoms with Crippen LogP contribution in [0.4, 0.5) is 17.6 Å². The van der Waals surface area contributed by atoms with Crippen molar-refractivity contribution in [2.45, 2.75) is 6.18 Å². The molecule has 19 heavy (non-hydrogen) atoms. The molecule has 0 aliphatic rings. The summed E-state index contributed by atoms with van der Waals surface area (Å²) in [6.45, 7) is 0. The van der Waals surface area contributed by atoms with Crippen molar-refractivity contribution >= 4 is 0 Å². The second-order valence-corrected chi connectivity index (χ2v) is 3.84. The van der Waals surface area contributed by atoms with Gasteiger partial charge in [-0.1, -0.05) is 24.3 Å². The maximum Gasteiger partial charge on any atom is 0.418 e. The molecule has 0 aliphatic carbocycles. The van der Waals surface area contributed by atoms with Crippen molar-refractivity contribution < 1.29 is 17.6 Å². The molecule has 0 atom stereocenters. The topological polar surface area (TPSA) is 23.8 Å². The van der Waals surface area contributed by atoms with E-state index in [0.717, 1.165) is 18.2 Å². The molecule has 5 heteroatoms. The minimum atomic E-state index is -4.64. The smallest absolute Gasteiger partial charge is 0.207 e. The van der Waals surface area contributed by atoms with Gasteiger partial charge in [0.25, 0.3) is 0 Å². The third-order valence-corrected chi connectivity index (χ3v) is 2.62. The van der Waals surface area contributed by atoms with Gasteiger partial charge in [0.15, 0.2) is 0 Å². The molecule has 2 aromatic rings. The monoisotopic (exact) mass is 265 g/mol. The van der Waals surface area contributed by atoms with Gasteiger partial charge in [0, 0.05) is 0 Å². The van der Waals surface area contributed by atoms with Crippen LogP contribution in [0.15, 0.2) is 42.5 Å². The average molecular weight is 265 g/mol. The largest absolute Gasteiger partial charge is 0.418 e. The number of halogens is 4. The van der Waals surface area contributed by atoms with Crippen LogP contribution in [0.1, 0.15) is 11.1 Å². The van der Waals surface area contributed by atoms with Crippen molar-refractivity contribution in [3.8, 4) is 17.2 Å². The van der Waals surface area contributed by atoms with Gasteiger partial charge < -0.3 is 0 Å². The molecule has 0 heterocycles. The summed E-state index contributed by atoms with van der Waals surface area (Å²) in [5.74, 6) is -0.534. The number of benzene rings is 2. The van der Waals surface area contributed by atoms with E-state index in [0.29, 0.717) is 0 Å². The molecule has 0 spiro atoms. The molecule has 2 rings (SSSR count). The van der Waals surface area contributed by atoms with E-state index in [-0.39, 0.29) is 11.1 Å². The zero-order chi connectivity index (χ0) is 14.0. The lowest BCUT2D eigenvalue weighted by Crippen LogP contribution is -2.10. The van der Waals surface area contributed by atoms with Crippen LogP contribution < -0.4 is 0 Å². The lowest BCUT2D eigenvalue weighted by Gasteiger charge is -2.14. The highest BCUT2D eigenvalue weighted by atomic mass is 19.4. The standard InChI is InChI=1S/C14H7F4N/c15-11-6-4-9(5-7-11)12-3-1-2-10(8-19)13(12)14(16,17)18/h1-7H. The van der Waals surface area contributed by atoms with Gasteiger partial charge in [-0.25, -0.2) is 4.39 Å². The summed E-state index contributed by atoms with van der Waals surface area (Å²) in [7, 11) is 0. The molecule has 0 saturated carbocycles. The summed E-state index contributed by atoms with van der Waals surface area (Å²) in [6.07, 6.45) is -4.64. The first kappa shape index (κ1) is 13.1. The van der Waals surface area contributed by atoms with Crippen LogP contribution in [0.2, 0.25) is 0 Å². The highest BCUT2D eigenvalue weighted by molar-refractivity contribution is 5.71. The fraction of sp³-hybridized carbons (Fsp3) is 0.0714. The highest BCUT2D eigenvalue weighted by Gasteiger charge is 2.36. The lowest BCUT2D eigenvalue weighted by atomic mass is 9.95. The van der Waals surface area contributed by atoms with E-state index in [2.05, 4.69) is 0 Å². The molecule has 0 aromatic heterocycles. The number of hydrogen-bond acceptors (Lipinski definition) is 1. The van der Waals surface area contributed by atoms with Gasteiger partial charge in [0.05, 0.1) is 17.2 Å². The van der Waals surface area contributed by atoms with Gasteiger partial charge in [0.1, 0.15) is 5.82 Å². The van der Waals surface area contributed by atoms with Crippen molar-refractivity contribution in [3.63, 3.8) is 0 Å². The van der Waals surface area contributed by atoms with Crippen molar-refractivity contribution in [3.05, 3.63) is 59.4 Å². The van der Waals surface area contributed by atoms with Gasteiger partial charge in [0.2, 0.25) is 0 Å². The van der Waals surface area contributed by atoms with Crippen molar-refractivity contribution in [1.82, 2.24) is 0 Å². The molecule has 0 fully saturated rings. The summed E-state index contributed by atoms with van der Waals surface area (Å²) < 4.78 is 51.9. The number of rotatable bonds is 1. The van der Waals surface area contributed by atoms with Crippen LogP contribution >= 0.6 is 0 Å². The second kappa shape index (κ2) is 4.73. The SMILES string of the molecule is N#Cc1cccc(-c2ccc(F)cc2)c1C(F)(F)F. The Morgan fingerprint density at radius 2 is 1.58 bits per heavy atom. The van der Waals surface area contributed by atoms with Crippen molar-refractivity contribution in [1.29, 1.82) is 5.26 Å². The number of nitriles is 1. The lowest BCUT2D eigenvalue weighted by molar-refractivity contribution is -0.137. The summed E-state index contributed by atoms with van der Waals surface area (Å²) in [4.78, 5) is 0. The van der Waals surface area contributed by atoms with Gasteiger partial charge in [-0.2, -0.15) is 18.4 Å². The molecular weight excluding hydrogens is 258 g/mol. The number of alkyl halides is 3. The zero-order valence-electron chi connectivity index (χ0n) is 9.50. The van der Waals surface area contributed by atoms with Gasteiger partial charge in [-0.15, -0.1) is 0 Å². The maximum absolute atomic E-state index is 13.0. The zero-order valence-corrected chi connectivity index (χ0v) is 9.50. The van der Waals surface area contributed by atoms with Crippen LogP contribution in [-0.4, -0.2) is 0 Å². The molecule has 0 radical (unpaired) electrons. The van der Waals surface area contributed by atoms with Gasteiger partial charge >= 0.3 is 6.18 Å². The van der Waals surface area contributed by atoms with Gasteiger partial charge in [-0.3, -0.25) is 0 Å². The predicted octanol–water partition coefficient (Wildman–Crippen LogP) is 4.38. The molecule has 0 unspecified atom stereocenters. The summed E-state index contributed by atoms with van der Waals surface area (Å²) >= 11 is 0. The third-order valence-electron chi connectivity index (χ3n) is 2.62. The first-order valence-electron chi connectivity index (χ1n) is 5.29. The fourth-order valence-electron chi connectivity index (χ4n) is 1.82. The number of hydrogen-bond donors (Lipinski definition) is 0. The van der Waals surface area contributed by atoms with E-state index in [1.165, 1.54) is 30.3 Å². The molecule has 1 nitrogen and oxygen atoms in total. The Labute approximate surface area is 106 Å². The third kappa shape index (κ3) is 2.58. The first-order valence-corrected chi connectivity index (χ1v) is 5.29. The van der Waals surface area contributed by atoms with Crippen molar-refractivity contribution in [2.75, 3.05) is 0 Å². The molecule has 0 N–H and O–H groups in total. The Morgan fingerprint density at radius 1 is 0.947 bits per heavy atom. The summed E-state index contributed by atoms with van der Waals surface area (Å²) in [6, 6.07) is 9.92. The second-order valence-electron chi connectivity index (χ2n) is 3.84. The quantitative estimate of drug-likeness (QED) is 0.702. The van der Waals surface area contributed by atoms with Crippen LogP contribution in [0.5, 0.6) is 0 Å². The predicted molar refractivity (Wildman–Crippen MR) is 61.6 cm³/mol. The Kier molecular flexibility index (Phi) is 3.26. The molecule has 0 saturated heterocycles. The average Bonchev–Trinajstić information content (AvgIpc) is 2.37. The summed E-state index contributed by atoms with van der Waals surface area (Å²) in [5, 5.41) is 8.79. The summed E-state index contributed by atoms with van der Waals surface area (Å²) in [5.41, 5.74) is -1.36. The normalized spacial score (nSPS) is 11.1. The van der Waals surface area contributed by atoms with Crippen LogP contribution in [0, 0.1) is 17.1 Å². The molecule has 0 bridgehead atoms. The van der Waals surface area contributed by atoms with E-state index >= 15 is 0 Å². The fourth-order valence-corrected chi connectivity index (χ4v) is 1.82. The highest BCUT2D eigenvalue weighted by Crippen LogP contribution is 2.39. The van der Waals surface area contributed by atoms with E-state index in [4.69, 9.17) is 5.26 Å². The van der Waals surface area contributed by atoms with E-state index < -0.39 is 23.1 Å². The Balaban J connectivity index is 2.71. The minimum Gasteiger partial charge on any atom is -0.207 e. The first-order chi connectivity index (χ1) is 8.93. The molecule has 0 amide bonds. The van der Waals surface area contributed by atoms with Crippen LogP contribution in [0.3, 0.4) is 0 Å². The molecule has 0 aliphatic heterocycles.